The summed E-state index contributed by atoms with van der Waals surface area (Å²) in [5.41, 5.74) is 0.451. The Kier molecular flexibility index (Phi) is 4.55. The molecule has 0 unspecified atom stereocenters. The summed E-state index contributed by atoms with van der Waals surface area (Å²) < 4.78 is 6.70. The number of nitrogens with zero attached hydrogens (tertiary/aromatic N) is 1. The molecule has 0 aliphatic rings. The molecule has 1 aromatic carbocycles. The van der Waals surface area contributed by atoms with Crippen LogP contribution in [0.1, 0.15) is 10.4 Å². The van der Waals surface area contributed by atoms with Crippen molar-refractivity contribution in [3.63, 3.8) is 0 Å². The monoisotopic (exact) mass is 384 g/mol. The molecule has 0 atom stereocenters. The van der Waals surface area contributed by atoms with Gasteiger partial charge in [0.15, 0.2) is 0 Å². The van der Waals surface area contributed by atoms with E-state index in [0.29, 0.717) is 21.7 Å². The van der Waals surface area contributed by atoms with Gasteiger partial charge in [-0.3, -0.25) is 4.79 Å². The smallest absolute Gasteiger partial charge is 0.260 e. The number of amides is 1. The van der Waals surface area contributed by atoms with Crippen LogP contribution in [0.4, 0.5) is 5.82 Å². The van der Waals surface area contributed by atoms with Gasteiger partial charge in [-0.15, -0.1) is 0 Å². The summed E-state index contributed by atoms with van der Waals surface area (Å²) in [6, 6.07) is 10.5. The third-order valence-electron chi connectivity index (χ3n) is 2.36. The van der Waals surface area contributed by atoms with Gasteiger partial charge >= 0.3 is 0 Å². The highest BCUT2D eigenvalue weighted by Crippen LogP contribution is 2.24. The van der Waals surface area contributed by atoms with E-state index in [9.17, 15) is 4.79 Å². The highest BCUT2D eigenvalue weighted by atomic mass is 79.9. The normalized spacial score (nSPS) is 10.1. The van der Waals surface area contributed by atoms with Crippen molar-refractivity contribution in [1.82, 2.24) is 4.98 Å². The molecule has 0 aliphatic heterocycles. The van der Waals surface area contributed by atoms with Gasteiger partial charge in [-0.2, -0.15) is 0 Å². The lowest BCUT2D eigenvalue weighted by molar-refractivity contribution is 0.102. The van der Waals surface area contributed by atoms with Crippen LogP contribution in [0.2, 0.25) is 0 Å². The van der Waals surface area contributed by atoms with E-state index in [1.54, 1.807) is 36.4 Å². The molecule has 0 bridgehead atoms. The van der Waals surface area contributed by atoms with Gasteiger partial charge in [-0.25, -0.2) is 4.98 Å². The first-order valence-corrected chi connectivity index (χ1v) is 6.96. The predicted molar refractivity (Wildman–Crippen MR) is 80.6 cm³/mol. The van der Waals surface area contributed by atoms with E-state index in [2.05, 4.69) is 42.2 Å². The van der Waals surface area contributed by atoms with Crippen LogP contribution in [0.15, 0.2) is 45.5 Å². The van der Waals surface area contributed by atoms with Crippen LogP contribution < -0.4 is 10.1 Å². The fourth-order valence-corrected chi connectivity index (χ4v) is 2.20. The van der Waals surface area contributed by atoms with Crippen molar-refractivity contribution < 1.29 is 9.53 Å². The number of methoxy groups -OCH3 is 1. The van der Waals surface area contributed by atoms with Crippen molar-refractivity contribution in [3.8, 4) is 5.75 Å². The third-order valence-corrected chi connectivity index (χ3v) is 3.30. The lowest BCUT2D eigenvalue weighted by Gasteiger charge is -2.09. The van der Waals surface area contributed by atoms with Crippen molar-refractivity contribution in [3.05, 3.63) is 51.0 Å². The fraction of sp³-hybridized carbons (Fsp3) is 0.0769. The molecule has 6 heteroatoms. The maximum absolute atomic E-state index is 12.2. The van der Waals surface area contributed by atoms with Gasteiger partial charge in [0, 0.05) is 4.47 Å². The van der Waals surface area contributed by atoms with Crippen LogP contribution in [0.5, 0.6) is 5.75 Å². The van der Waals surface area contributed by atoms with Gasteiger partial charge in [0.1, 0.15) is 16.2 Å². The van der Waals surface area contributed by atoms with E-state index in [1.807, 2.05) is 0 Å². The largest absolute Gasteiger partial charge is 0.496 e. The molecule has 1 N–H and O–H groups in total. The first-order chi connectivity index (χ1) is 9.10. The van der Waals surface area contributed by atoms with Crippen LogP contribution >= 0.6 is 31.9 Å². The molecule has 19 heavy (non-hydrogen) atoms. The summed E-state index contributed by atoms with van der Waals surface area (Å²) >= 11 is 6.59. The van der Waals surface area contributed by atoms with E-state index in [-0.39, 0.29) is 5.91 Å². The molecule has 1 aromatic heterocycles. The van der Waals surface area contributed by atoms with Gasteiger partial charge in [0.05, 0.1) is 12.7 Å². The maximum atomic E-state index is 12.2. The number of carbonyl (C=O) groups excluding carboxylic acids is 1. The van der Waals surface area contributed by atoms with Gasteiger partial charge in [0.25, 0.3) is 5.91 Å². The number of pyridine rings is 1. The number of ether oxygens (including phenoxy) is 1. The van der Waals surface area contributed by atoms with Crippen LogP contribution in [0.3, 0.4) is 0 Å². The molecule has 2 aromatic rings. The summed E-state index contributed by atoms with van der Waals surface area (Å²) in [7, 11) is 1.52. The molecule has 1 heterocycles. The first-order valence-electron chi connectivity index (χ1n) is 5.37. The van der Waals surface area contributed by atoms with E-state index in [0.717, 1.165) is 4.47 Å². The van der Waals surface area contributed by atoms with E-state index in [4.69, 9.17) is 4.74 Å². The zero-order valence-corrected chi connectivity index (χ0v) is 13.2. The lowest BCUT2D eigenvalue weighted by Crippen LogP contribution is -2.14. The second-order valence-corrected chi connectivity index (χ2v) is 5.37. The zero-order chi connectivity index (χ0) is 13.8. The number of anilines is 1. The predicted octanol–water partition coefficient (Wildman–Crippen LogP) is 3.87. The summed E-state index contributed by atoms with van der Waals surface area (Å²) in [6.07, 6.45) is 0. The molecule has 0 saturated carbocycles. The highest BCUT2D eigenvalue weighted by Gasteiger charge is 2.13. The molecule has 4 nitrogen and oxygen atoms in total. The van der Waals surface area contributed by atoms with Crippen LogP contribution in [0, 0.1) is 0 Å². The number of carbonyl (C=O) groups is 1. The fourth-order valence-electron chi connectivity index (χ4n) is 1.51. The molecular formula is C13H10Br2N2O2. The molecule has 98 valence electrons. The number of nitrogens with one attached hydrogen (secondary N) is 1. The van der Waals surface area contributed by atoms with Crippen molar-refractivity contribution >= 4 is 43.6 Å². The quantitative estimate of drug-likeness (QED) is 0.816. The Bertz CT molecular complexity index is 617. The average molecular weight is 386 g/mol. The minimum atomic E-state index is -0.269. The molecule has 0 fully saturated rings. The Labute approximate surface area is 127 Å². The van der Waals surface area contributed by atoms with Crippen LogP contribution in [-0.4, -0.2) is 18.0 Å². The maximum Gasteiger partial charge on any atom is 0.260 e. The van der Waals surface area contributed by atoms with Crippen molar-refractivity contribution in [2.75, 3.05) is 12.4 Å². The van der Waals surface area contributed by atoms with E-state index < -0.39 is 0 Å². The topological polar surface area (TPSA) is 51.2 Å². The van der Waals surface area contributed by atoms with Crippen LogP contribution in [-0.2, 0) is 0 Å². The van der Waals surface area contributed by atoms with Crippen molar-refractivity contribution in [1.29, 1.82) is 0 Å². The van der Waals surface area contributed by atoms with Gasteiger partial charge < -0.3 is 10.1 Å². The second-order valence-electron chi connectivity index (χ2n) is 3.64. The molecule has 2 rings (SSSR count). The van der Waals surface area contributed by atoms with E-state index >= 15 is 0 Å². The van der Waals surface area contributed by atoms with Crippen molar-refractivity contribution in [2.45, 2.75) is 0 Å². The summed E-state index contributed by atoms with van der Waals surface area (Å²) in [5.74, 6) is 0.709. The van der Waals surface area contributed by atoms with Crippen molar-refractivity contribution in [2.24, 2.45) is 0 Å². The Hall–Kier alpha value is -1.40. The van der Waals surface area contributed by atoms with Gasteiger partial charge in [-0.05, 0) is 46.3 Å². The molecule has 1 amide bonds. The number of halogens is 2. The molecule has 0 aliphatic carbocycles. The SMILES string of the molecule is COc1cc(Br)ccc1C(=O)Nc1cccc(Br)n1. The Morgan fingerprint density at radius 2 is 2.05 bits per heavy atom. The standard InChI is InChI=1S/C13H10Br2N2O2/c1-19-10-7-8(14)5-6-9(10)13(18)17-12-4-2-3-11(15)16-12/h2-7H,1H3,(H,16,17,18). The summed E-state index contributed by atoms with van der Waals surface area (Å²) in [4.78, 5) is 16.3. The lowest BCUT2D eigenvalue weighted by atomic mass is 10.2. The molecular weight excluding hydrogens is 376 g/mol. The minimum Gasteiger partial charge on any atom is -0.496 e. The summed E-state index contributed by atoms with van der Waals surface area (Å²) in [6.45, 7) is 0. The Morgan fingerprint density at radius 1 is 1.26 bits per heavy atom. The minimum absolute atomic E-state index is 0.269. The Morgan fingerprint density at radius 3 is 2.74 bits per heavy atom. The van der Waals surface area contributed by atoms with Gasteiger partial charge in [0.2, 0.25) is 0 Å². The highest BCUT2D eigenvalue weighted by molar-refractivity contribution is 9.10. The Balaban J connectivity index is 2.25. The number of rotatable bonds is 3. The first kappa shape index (κ1) is 14.0. The summed E-state index contributed by atoms with van der Waals surface area (Å²) in [5, 5.41) is 2.72. The van der Waals surface area contributed by atoms with E-state index in [1.165, 1.54) is 7.11 Å². The van der Waals surface area contributed by atoms with Gasteiger partial charge in [-0.1, -0.05) is 22.0 Å². The zero-order valence-electron chi connectivity index (χ0n) is 9.98. The second kappa shape index (κ2) is 6.16. The number of hydrogen-bond acceptors (Lipinski definition) is 3. The average Bonchev–Trinajstić information content (AvgIpc) is 2.38. The number of benzene rings is 1. The molecule has 0 spiro atoms. The molecule has 0 saturated heterocycles. The third kappa shape index (κ3) is 3.54. The van der Waals surface area contributed by atoms with Crippen LogP contribution in [0.25, 0.3) is 0 Å². The number of aromatic nitrogens is 1. The molecule has 0 radical (unpaired) electrons. The number of hydrogen-bond donors (Lipinski definition) is 1.